The highest BCUT2D eigenvalue weighted by atomic mass is 16.2. The van der Waals surface area contributed by atoms with Crippen LogP contribution in [-0.2, 0) is 4.79 Å². The van der Waals surface area contributed by atoms with Crippen LogP contribution in [0.3, 0.4) is 0 Å². The highest BCUT2D eigenvalue weighted by molar-refractivity contribution is 5.92. The van der Waals surface area contributed by atoms with Crippen molar-refractivity contribution in [1.82, 2.24) is 20.2 Å². The van der Waals surface area contributed by atoms with Crippen LogP contribution in [0.1, 0.15) is 75.5 Å². The Morgan fingerprint density at radius 1 is 1.12 bits per heavy atom. The van der Waals surface area contributed by atoms with Gasteiger partial charge in [0.05, 0.1) is 11.9 Å². The monoisotopic (exact) mass is 362 g/mol. The number of rotatable bonds is 12. The third kappa shape index (κ3) is 8.92. The molecule has 0 aliphatic heterocycles. The fourth-order valence-electron chi connectivity index (χ4n) is 2.53. The predicted molar refractivity (Wildman–Crippen MR) is 104 cm³/mol. The first kappa shape index (κ1) is 22.1. The third-order valence-electron chi connectivity index (χ3n) is 4.22. The van der Waals surface area contributed by atoms with Gasteiger partial charge in [0.15, 0.2) is 0 Å². The number of unbranched alkanes of at least 4 members (excludes halogenated alkanes) is 3. The Kier molecular flexibility index (Phi) is 10.5. The zero-order chi connectivity index (χ0) is 19.4. The molecule has 0 unspecified atom stereocenters. The molecule has 1 aromatic heterocycles. The average molecular weight is 363 g/mol. The Morgan fingerprint density at radius 2 is 1.88 bits per heavy atom. The third-order valence-corrected chi connectivity index (χ3v) is 4.22. The first-order valence-corrected chi connectivity index (χ1v) is 9.78. The molecule has 6 heteroatoms. The molecule has 0 atom stereocenters. The second-order valence-corrected chi connectivity index (χ2v) is 7.18. The van der Waals surface area contributed by atoms with Gasteiger partial charge in [-0.15, -0.1) is 0 Å². The van der Waals surface area contributed by atoms with Crippen molar-refractivity contribution < 1.29 is 9.59 Å². The molecule has 6 nitrogen and oxygen atoms in total. The number of nitrogens with one attached hydrogen (secondary N) is 1. The minimum Gasteiger partial charge on any atom is -0.356 e. The normalized spacial score (nSPS) is 10.8. The molecule has 2 amide bonds. The molecular formula is C20H34N4O2. The van der Waals surface area contributed by atoms with E-state index in [4.69, 9.17) is 0 Å². The van der Waals surface area contributed by atoms with E-state index < -0.39 is 0 Å². The summed E-state index contributed by atoms with van der Waals surface area (Å²) in [6.07, 6.45) is 8.72. The number of hydrogen-bond donors (Lipinski definition) is 1. The maximum atomic E-state index is 12.7. The van der Waals surface area contributed by atoms with Crippen LogP contribution in [0, 0.1) is 12.8 Å². The second kappa shape index (κ2) is 12.4. The number of carbonyl (C=O) groups is 2. The van der Waals surface area contributed by atoms with Gasteiger partial charge in [-0.3, -0.25) is 14.6 Å². The molecule has 26 heavy (non-hydrogen) atoms. The molecule has 1 aromatic rings. The van der Waals surface area contributed by atoms with E-state index in [1.54, 1.807) is 11.1 Å². The summed E-state index contributed by atoms with van der Waals surface area (Å²) in [6, 6.07) is 0. The summed E-state index contributed by atoms with van der Waals surface area (Å²) in [5, 5.41) is 2.93. The maximum Gasteiger partial charge on any atom is 0.274 e. The van der Waals surface area contributed by atoms with E-state index in [2.05, 4.69) is 36.1 Å². The number of nitrogens with zero attached hydrogens (tertiary/aromatic N) is 3. The largest absolute Gasteiger partial charge is 0.356 e. The molecule has 0 radical (unpaired) electrons. The number of aryl methyl sites for hydroxylation is 1. The van der Waals surface area contributed by atoms with E-state index in [-0.39, 0.29) is 11.8 Å². The van der Waals surface area contributed by atoms with Gasteiger partial charge in [-0.1, -0.05) is 40.0 Å². The van der Waals surface area contributed by atoms with Crippen molar-refractivity contribution in [1.29, 1.82) is 0 Å². The summed E-state index contributed by atoms with van der Waals surface area (Å²) < 4.78 is 0. The quantitative estimate of drug-likeness (QED) is 0.579. The van der Waals surface area contributed by atoms with Crippen molar-refractivity contribution in [3.63, 3.8) is 0 Å². The topological polar surface area (TPSA) is 75.2 Å². The van der Waals surface area contributed by atoms with E-state index in [1.165, 1.54) is 6.20 Å². The molecule has 0 fully saturated rings. The summed E-state index contributed by atoms with van der Waals surface area (Å²) in [5.74, 6) is 0.406. The van der Waals surface area contributed by atoms with Crippen molar-refractivity contribution in [3.05, 3.63) is 23.8 Å². The van der Waals surface area contributed by atoms with Gasteiger partial charge >= 0.3 is 0 Å². The molecule has 0 bridgehead atoms. The lowest BCUT2D eigenvalue weighted by molar-refractivity contribution is -0.121. The first-order valence-electron chi connectivity index (χ1n) is 9.78. The van der Waals surface area contributed by atoms with Crippen molar-refractivity contribution >= 4 is 11.8 Å². The van der Waals surface area contributed by atoms with Crippen molar-refractivity contribution in [2.24, 2.45) is 5.92 Å². The van der Waals surface area contributed by atoms with Crippen LogP contribution in [-0.4, -0.2) is 46.3 Å². The Morgan fingerprint density at radius 3 is 2.50 bits per heavy atom. The van der Waals surface area contributed by atoms with Crippen LogP contribution in [0.2, 0.25) is 0 Å². The Labute approximate surface area is 157 Å². The maximum absolute atomic E-state index is 12.7. The van der Waals surface area contributed by atoms with E-state index >= 15 is 0 Å². The molecule has 146 valence electrons. The summed E-state index contributed by atoms with van der Waals surface area (Å²) in [5.41, 5.74) is 1.12. The fraction of sp³-hybridized carbons (Fsp3) is 0.700. The number of amides is 2. The highest BCUT2D eigenvalue weighted by Crippen LogP contribution is 2.07. The highest BCUT2D eigenvalue weighted by Gasteiger charge is 2.18. The van der Waals surface area contributed by atoms with Crippen LogP contribution in [0.15, 0.2) is 12.4 Å². The molecule has 0 aliphatic carbocycles. The van der Waals surface area contributed by atoms with E-state index in [1.807, 2.05) is 6.92 Å². The van der Waals surface area contributed by atoms with Gasteiger partial charge < -0.3 is 10.2 Å². The van der Waals surface area contributed by atoms with Gasteiger partial charge in [-0.25, -0.2) is 4.98 Å². The van der Waals surface area contributed by atoms with Crippen molar-refractivity contribution in [3.8, 4) is 0 Å². The average Bonchev–Trinajstić information content (AvgIpc) is 2.61. The van der Waals surface area contributed by atoms with E-state index in [0.717, 1.165) is 37.8 Å². The molecule has 0 spiro atoms. The van der Waals surface area contributed by atoms with Gasteiger partial charge in [0.25, 0.3) is 5.91 Å². The lowest BCUT2D eigenvalue weighted by Gasteiger charge is -2.22. The zero-order valence-corrected chi connectivity index (χ0v) is 16.8. The van der Waals surface area contributed by atoms with E-state index in [9.17, 15) is 9.59 Å². The van der Waals surface area contributed by atoms with Gasteiger partial charge in [-0.2, -0.15) is 0 Å². The SMILES string of the molecule is CCCCCCN(CCC(=O)NCCC(C)C)C(=O)c1cnc(C)cn1. The second-order valence-electron chi connectivity index (χ2n) is 7.18. The number of aromatic nitrogens is 2. The molecule has 0 aromatic carbocycles. The van der Waals surface area contributed by atoms with Gasteiger partial charge in [0.1, 0.15) is 5.69 Å². The van der Waals surface area contributed by atoms with Gasteiger partial charge in [-0.05, 0) is 25.7 Å². The smallest absolute Gasteiger partial charge is 0.274 e. The summed E-state index contributed by atoms with van der Waals surface area (Å²) in [7, 11) is 0. The predicted octanol–water partition coefficient (Wildman–Crippen LogP) is 3.36. The standard InChI is InChI=1S/C20H34N4O2/c1-5-6-7-8-12-24(13-10-19(25)21-11-9-16(2)3)20(26)18-15-22-17(4)14-23-18/h14-16H,5-13H2,1-4H3,(H,21,25). The van der Waals surface area contributed by atoms with E-state index in [0.29, 0.717) is 37.7 Å². The summed E-state index contributed by atoms with van der Waals surface area (Å²) in [6.45, 7) is 10.0. The molecule has 1 heterocycles. The van der Waals surface area contributed by atoms with Gasteiger partial charge in [0.2, 0.25) is 5.91 Å². The van der Waals surface area contributed by atoms with Crippen molar-refractivity contribution in [2.45, 2.75) is 66.2 Å². The Balaban J connectivity index is 2.58. The summed E-state index contributed by atoms with van der Waals surface area (Å²) in [4.78, 5) is 34.8. The van der Waals surface area contributed by atoms with Crippen LogP contribution in [0.25, 0.3) is 0 Å². The Bertz CT molecular complexity index is 543. The minimum absolute atomic E-state index is 0.00741. The lowest BCUT2D eigenvalue weighted by Crippen LogP contribution is -2.36. The fourth-order valence-corrected chi connectivity index (χ4v) is 2.53. The molecule has 0 saturated carbocycles. The first-order chi connectivity index (χ1) is 12.4. The molecule has 1 N–H and O–H groups in total. The molecular weight excluding hydrogens is 328 g/mol. The summed E-state index contributed by atoms with van der Waals surface area (Å²) >= 11 is 0. The zero-order valence-electron chi connectivity index (χ0n) is 16.8. The van der Waals surface area contributed by atoms with Crippen molar-refractivity contribution in [2.75, 3.05) is 19.6 Å². The van der Waals surface area contributed by atoms with Crippen LogP contribution < -0.4 is 5.32 Å². The number of hydrogen-bond acceptors (Lipinski definition) is 4. The van der Waals surface area contributed by atoms with Crippen LogP contribution >= 0.6 is 0 Å². The van der Waals surface area contributed by atoms with Crippen LogP contribution in [0.4, 0.5) is 0 Å². The van der Waals surface area contributed by atoms with Crippen LogP contribution in [0.5, 0.6) is 0 Å². The lowest BCUT2D eigenvalue weighted by atomic mass is 10.1. The minimum atomic E-state index is -0.149. The number of carbonyl (C=O) groups excluding carboxylic acids is 2. The molecule has 1 rings (SSSR count). The molecule has 0 saturated heterocycles. The molecule has 0 aliphatic rings. The Hall–Kier alpha value is -1.98. The van der Waals surface area contributed by atoms with Gasteiger partial charge in [0, 0.05) is 32.3 Å².